The van der Waals surface area contributed by atoms with Gasteiger partial charge in [-0.3, -0.25) is 4.68 Å². The Bertz CT molecular complexity index is 1320. The van der Waals surface area contributed by atoms with Crippen molar-refractivity contribution in [2.75, 3.05) is 20.3 Å². The molecule has 7 nitrogen and oxygen atoms in total. The second kappa shape index (κ2) is 8.75. The van der Waals surface area contributed by atoms with Gasteiger partial charge in [-0.15, -0.1) is 0 Å². The first-order valence-electron chi connectivity index (χ1n) is 10.7. The molecule has 10 heteroatoms. The van der Waals surface area contributed by atoms with Gasteiger partial charge in [-0.05, 0) is 18.2 Å². The highest BCUT2D eigenvalue weighted by Gasteiger charge is 2.34. The lowest BCUT2D eigenvalue weighted by Gasteiger charge is -2.13. The first kappa shape index (κ1) is 23.7. The number of nitrogens with one attached hydrogen (secondary N) is 1. The molecule has 0 unspecified atom stereocenters. The van der Waals surface area contributed by atoms with Crippen molar-refractivity contribution in [2.24, 2.45) is 7.05 Å². The smallest absolute Gasteiger partial charge is 0.417 e. The van der Waals surface area contributed by atoms with Crippen LogP contribution >= 0.6 is 0 Å². The van der Waals surface area contributed by atoms with Crippen molar-refractivity contribution in [3.63, 3.8) is 0 Å². The lowest BCUT2D eigenvalue weighted by molar-refractivity contribution is -0.137. The molecule has 0 aliphatic carbocycles. The van der Waals surface area contributed by atoms with Gasteiger partial charge in [0.1, 0.15) is 12.3 Å². The van der Waals surface area contributed by atoms with E-state index in [4.69, 9.17) is 9.47 Å². The Kier molecular flexibility index (Phi) is 6.11. The van der Waals surface area contributed by atoms with Crippen molar-refractivity contribution >= 4 is 11.0 Å². The summed E-state index contributed by atoms with van der Waals surface area (Å²) in [4.78, 5) is 12.3. The van der Waals surface area contributed by atoms with Gasteiger partial charge >= 0.3 is 6.18 Å². The van der Waals surface area contributed by atoms with E-state index in [0.29, 0.717) is 23.5 Å². The minimum atomic E-state index is -4.53. The Morgan fingerprint density at radius 2 is 1.76 bits per heavy atom. The quantitative estimate of drug-likeness (QED) is 0.381. The number of hydrogen-bond acceptors (Lipinski definition) is 5. The number of nitrogens with zero attached hydrogens (tertiary/aromatic N) is 4. The maximum Gasteiger partial charge on any atom is 0.417 e. The van der Waals surface area contributed by atoms with E-state index in [1.807, 2.05) is 13.1 Å². The number of aromatic amines is 1. The van der Waals surface area contributed by atoms with Crippen molar-refractivity contribution in [1.82, 2.24) is 24.7 Å². The molecule has 0 aliphatic rings. The van der Waals surface area contributed by atoms with E-state index in [9.17, 15) is 13.2 Å². The highest BCUT2D eigenvalue weighted by Crippen LogP contribution is 2.38. The number of methoxy groups -OCH3 is 1. The maximum atomic E-state index is 13.7. The van der Waals surface area contributed by atoms with Crippen LogP contribution < -0.4 is 4.74 Å². The standard InChI is InChI=1S/C24H26F3N5O2/c1-23(2,3)19-13-18(32(4)31-19)21-28-17-12-16(14-8-6-7-9-15(14)24(25,26)27)29-22(20(17)30-21)34-11-10-33-5/h6-9,12-13H,10-11H2,1-5H3,(H,28,30). The molecule has 1 N–H and O–H groups in total. The molecule has 0 fully saturated rings. The van der Waals surface area contributed by atoms with Gasteiger partial charge in [0, 0.05) is 25.1 Å². The van der Waals surface area contributed by atoms with Crippen LogP contribution in [0.2, 0.25) is 0 Å². The molecular formula is C24H26F3N5O2. The van der Waals surface area contributed by atoms with Crippen molar-refractivity contribution in [3.8, 4) is 28.7 Å². The molecule has 0 atom stereocenters. The van der Waals surface area contributed by atoms with Crippen molar-refractivity contribution in [1.29, 1.82) is 0 Å². The highest BCUT2D eigenvalue weighted by molar-refractivity contribution is 5.87. The summed E-state index contributed by atoms with van der Waals surface area (Å²) in [5.41, 5.74) is 1.70. The highest BCUT2D eigenvalue weighted by atomic mass is 19.4. The molecule has 1 aromatic carbocycles. The zero-order chi connectivity index (χ0) is 24.7. The van der Waals surface area contributed by atoms with Crippen LogP contribution in [0.5, 0.6) is 5.88 Å². The third-order valence-corrected chi connectivity index (χ3v) is 5.36. The second-order valence-electron chi connectivity index (χ2n) is 8.97. The summed E-state index contributed by atoms with van der Waals surface area (Å²) in [7, 11) is 3.35. The van der Waals surface area contributed by atoms with Crippen molar-refractivity contribution in [3.05, 3.63) is 47.7 Å². The van der Waals surface area contributed by atoms with E-state index in [-0.39, 0.29) is 29.2 Å². The SMILES string of the molecule is COCCOc1nc(-c2ccccc2C(F)(F)F)cc2[nH]c(-c3cc(C(C)(C)C)nn3C)nc12. The Morgan fingerprint density at radius 1 is 1.03 bits per heavy atom. The van der Waals surface area contributed by atoms with Gasteiger partial charge in [-0.2, -0.15) is 18.3 Å². The molecule has 0 amide bonds. The Hall–Kier alpha value is -3.40. The number of H-pyrrole nitrogens is 1. The summed E-state index contributed by atoms with van der Waals surface area (Å²) in [5, 5.41) is 4.58. The predicted molar refractivity (Wildman–Crippen MR) is 123 cm³/mol. The number of imidazole rings is 1. The molecule has 34 heavy (non-hydrogen) atoms. The number of alkyl halides is 3. The third-order valence-electron chi connectivity index (χ3n) is 5.36. The largest absolute Gasteiger partial charge is 0.474 e. The zero-order valence-electron chi connectivity index (χ0n) is 19.6. The van der Waals surface area contributed by atoms with E-state index >= 15 is 0 Å². The lowest BCUT2D eigenvalue weighted by Crippen LogP contribution is -2.12. The number of ether oxygens (including phenoxy) is 2. The molecule has 0 radical (unpaired) electrons. The van der Waals surface area contributed by atoms with Gasteiger partial charge in [0.05, 0.1) is 29.1 Å². The van der Waals surface area contributed by atoms with Crippen LogP contribution in [0.4, 0.5) is 13.2 Å². The monoisotopic (exact) mass is 473 g/mol. The fraction of sp³-hybridized carbons (Fsp3) is 0.375. The van der Waals surface area contributed by atoms with Gasteiger partial charge in [0.15, 0.2) is 11.3 Å². The first-order chi connectivity index (χ1) is 16.0. The van der Waals surface area contributed by atoms with Crippen LogP contribution in [0.25, 0.3) is 33.8 Å². The van der Waals surface area contributed by atoms with E-state index < -0.39 is 11.7 Å². The normalized spacial score (nSPS) is 12.5. The summed E-state index contributed by atoms with van der Waals surface area (Å²) in [6, 6.07) is 8.82. The molecule has 0 aliphatic heterocycles. The van der Waals surface area contributed by atoms with Gasteiger partial charge in [0.25, 0.3) is 0 Å². The summed E-state index contributed by atoms with van der Waals surface area (Å²) in [5.74, 6) is 0.641. The maximum absolute atomic E-state index is 13.7. The number of fused-ring (bicyclic) bond motifs is 1. The van der Waals surface area contributed by atoms with Crippen LogP contribution in [0.3, 0.4) is 0 Å². The number of aryl methyl sites for hydroxylation is 1. The van der Waals surface area contributed by atoms with E-state index in [2.05, 4.69) is 40.8 Å². The zero-order valence-corrected chi connectivity index (χ0v) is 19.6. The molecule has 0 saturated carbocycles. The second-order valence-corrected chi connectivity index (χ2v) is 8.97. The summed E-state index contributed by atoms with van der Waals surface area (Å²) in [6.07, 6.45) is -4.53. The van der Waals surface area contributed by atoms with E-state index in [0.717, 1.165) is 17.5 Å². The van der Waals surface area contributed by atoms with E-state index in [1.165, 1.54) is 19.2 Å². The van der Waals surface area contributed by atoms with Crippen molar-refractivity contribution < 1.29 is 22.6 Å². The van der Waals surface area contributed by atoms with E-state index in [1.54, 1.807) is 16.8 Å². The molecule has 3 heterocycles. The van der Waals surface area contributed by atoms with Gasteiger partial charge < -0.3 is 14.5 Å². The van der Waals surface area contributed by atoms with Gasteiger partial charge in [0.2, 0.25) is 5.88 Å². The number of rotatable bonds is 6. The molecule has 0 spiro atoms. The van der Waals surface area contributed by atoms with Gasteiger partial charge in [-0.25, -0.2) is 9.97 Å². The molecular weight excluding hydrogens is 447 g/mol. The predicted octanol–water partition coefficient (Wildman–Crippen LogP) is 5.37. The lowest BCUT2D eigenvalue weighted by atomic mass is 9.92. The molecule has 0 saturated heterocycles. The number of benzene rings is 1. The molecule has 4 aromatic rings. The molecule has 3 aromatic heterocycles. The van der Waals surface area contributed by atoms with Crippen LogP contribution in [0.15, 0.2) is 36.4 Å². The Balaban J connectivity index is 1.88. The van der Waals surface area contributed by atoms with Crippen LogP contribution in [0.1, 0.15) is 32.0 Å². The van der Waals surface area contributed by atoms with Gasteiger partial charge in [-0.1, -0.05) is 39.0 Å². The molecule has 180 valence electrons. The van der Waals surface area contributed by atoms with Crippen LogP contribution in [0, 0.1) is 0 Å². The third kappa shape index (κ3) is 4.63. The van der Waals surface area contributed by atoms with Crippen molar-refractivity contribution in [2.45, 2.75) is 32.4 Å². The minimum Gasteiger partial charge on any atom is -0.474 e. The average Bonchev–Trinajstić information content (AvgIpc) is 3.36. The fourth-order valence-electron chi connectivity index (χ4n) is 3.58. The fourth-order valence-corrected chi connectivity index (χ4v) is 3.58. The number of aromatic nitrogens is 5. The summed E-state index contributed by atoms with van der Waals surface area (Å²) >= 11 is 0. The van der Waals surface area contributed by atoms with Crippen LogP contribution in [-0.2, 0) is 23.4 Å². The Labute approximate surface area is 194 Å². The minimum absolute atomic E-state index is 0.0415. The van der Waals surface area contributed by atoms with Crippen LogP contribution in [-0.4, -0.2) is 45.1 Å². The number of hydrogen-bond donors (Lipinski definition) is 1. The summed E-state index contributed by atoms with van der Waals surface area (Å²) in [6.45, 7) is 6.65. The average molecular weight is 473 g/mol. The number of pyridine rings is 1. The number of halogens is 3. The molecule has 0 bridgehead atoms. The first-order valence-corrected chi connectivity index (χ1v) is 10.7. The Morgan fingerprint density at radius 3 is 2.41 bits per heavy atom. The summed E-state index contributed by atoms with van der Waals surface area (Å²) < 4.78 is 53.5. The molecule has 4 rings (SSSR count). The topological polar surface area (TPSA) is 77.9 Å².